The van der Waals surface area contributed by atoms with Gasteiger partial charge in [0.05, 0.1) is 10.8 Å². The first-order valence-corrected chi connectivity index (χ1v) is 9.40. The van der Waals surface area contributed by atoms with Crippen molar-refractivity contribution in [2.24, 2.45) is 11.8 Å². The van der Waals surface area contributed by atoms with Crippen LogP contribution in [0.3, 0.4) is 0 Å². The maximum absolute atomic E-state index is 12.3. The molecule has 0 saturated carbocycles. The maximum atomic E-state index is 12.3. The third-order valence-corrected chi connectivity index (χ3v) is 6.52. The summed E-state index contributed by atoms with van der Waals surface area (Å²) in [6.45, 7) is 1.12. The predicted octanol–water partition coefficient (Wildman–Crippen LogP) is 2.01. The Hall–Kier alpha value is -3.16. The minimum Gasteiger partial charge on any atom is -0.481 e. The lowest BCUT2D eigenvalue weighted by Gasteiger charge is -2.53. The summed E-state index contributed by atoms with van der Waals surface area (Å²) in [5.74, 6) is -1.35. The molecule has 2 bridgehead atoms. The molecular weight excluding hydrogens is 362 g/mol. The number of benzene rings is 1. The highest BCUT2D eigenvalue weighted by Gasteiger charge is 2.49. The summed E-state index contributed by atoms with van der Waals surface area (Å²) in [7, 11) is 0. The SMILES string of the molecule is O=C(O)[C@H]1Cc2cc([N+](=O)[O-])ccc2N2C[C@H]3C[C@@H](Cn4c3cccc4=O)[C@H]12. The molecule has 4 heterocycles. The summed E-state index contributed by atoms with van der Waals surface area (Å²) in [4.78, 5) is 37.3. The van der Waals surface area contributed by atoms with Crippen molar-refractivity contribution in [3.05, 3.63) is 68.1 Å². The molecule has 144 valence electrons. The molecule has 8 nitrogen and oxygen atoms in total. The predicted molar refractivity (Wildman–Crippen MR) is 101 cm³/mol. The minimum absolute atomic E-state index is 0.0181. The Kier molecular flexibility index (Phi) is 3.59. The molecule has 4 atom stereocenters. The summed E-state index contributed by atoms with van der Waals surface area (Å²) in [6, 6.07) is 9.81. The van der Waals surface area contributed by atoms with Crippen LogP contribution in [0.2, 0.25) is 0 Å². The van der Waals surface area contributed by atoms with Crippen LogP contribution in [0.25, 0.3) is 0 Å². The zero-order valence-electron chi connectivity index (χ0n) is 15.0. The third kappa shape index (κ3) is 2.37. The Morgan fingerprint density at radius 2 is 2.04 bits per heavy atom. The number of carboxylic acid groups (broad SMARTS) is 1. The van der Waals surface area contributed by atoms with E-state index in [0.29, 0.717) is 18.7 Å². The summed E-state index contributed by atoms with van der Waals surface area (Å²) < 4.78 is 1.79. The highest BCUT2D eigenvalue weighted by Crippen LogP contribution is 2.47. The largest absolute Gasteiger partial charge is 0.481 e. The topological polar surface area (TPSA) is 106 Å². The van der Waals surface area contributed by atoms with Gasteiger partial charge in [-0.1, -0.05) is 6.07 Å². The van der Waals surface area contributed by atoms with Crippen molar-refractivity contribution in [2.45, 2.75) is 31.3 Å². The molecule has 1 aromatic carbocycles. The second-order valence-corrected chi connectivity index (χ2v) is 7.95. The molecular formula is C20H19N3O5. The number of nitro groups is 1. The van der Waals surface area contributed by atoms with E-state index in [1.54, 1.807) is 22.8 Å². The fraction of sp³-hybridized carbons (Fsp3) is 0.400. The van der Waals surface area contributed by atoms with E-state index in [-0.39, 0.29) is 35.5 Å². The number of pyridine rings is 1. The van der Waals surface area contributed by atoms with Gasteiger partial charge in [-0.15, -0.1) is 0 Å². The second-order valence-electron chi connectivity index (χ2n) is 7.95. The molecule has 1 N–H and O–H groups in total. The molecule has 28 heavy (non-hydrogen) atoms. The van der Waals surface area contributed by atoms with E-state index >= 15 is 0 Å². The van der Waals surface area contributed by atoms with Crippen molar-refractivity contribution >= 4 is 17.3 Å². The van der Waals surface area contributed by atoms with Crippen LogP contribution >= 0.6 is 0 Å². The number of aromatic nitrogens is 1. The molecule has 1 aromatic heterocycles. The van der Waals surface area contributed by atoms with E-state index in [4.69, 9.17) is 0 Å². The van der Waals surface area contributed by atoms with Gasteiger partial charge in [0.2, 0.25) is 0 Å². The number of piperidine rings is 1. The maximum Gasteiger partial charge on any atom is 0.308 e. The van der Waals surface area contributed by atoms with Crippen LogP contribution in [0.5, 0.6) is 0 Å². The quantitative estimate of drug-likeness (QED) is 0.630. The fourth-order valence-electron chi connectivity index (χ4n) is 5.44. The number of non-ortho nitro benzene ring substituents is 1. The number of hydrogen-bond donors (Lipinski definition) is 1. The normalized spacial score (nSPS) is 27.4. The van der Waals surface area contributed by atoms with Crippen LogP contribution in [-0.4, -0.2) is 33.2 Å². The first kappa shape index (κ1) is 17.0. The highest BCUT2D eigenvalue weighted by molar-refractivity contribution is 5.76. The van der Waals surface area contributed by atoms with Gasteiger partial charge in [-0.3, -0.25) is 19.7 Å². The van der Waals surface area contributed by atoms with Gasteiger partial charge in [0, 0.05) is 54.6 Å². The molecule has 0 amide bonds. The van der Waals surface area contributed by atoms with Gasteiger partial charge in [0.1, 0.15) is 0 Å². The van der Waals surface area contributed by atoms with Crippen LogP contribution in [0.4, 0.5) is 11.4 Å². The molecule has 8 heteroatoms. The number of carbonyl (C=O) groups is 1. The molecule has 1 fully saturated rings. The van der Waals surface area contributed by atoms with Crippen molar-refractivity contribution in [3.63, 3.8) is 0 Å². The lowest BCUT2D eigenvalue weighted by Crippen LogP contribution is -2.60. The standard InChI is InChI=1S/C20H19N3O5/c24-18-3-1-2-16-12-6-13(10-21(16)18)19-15(20(25)26)8-11-7-14(23(27)28)4-5-17(11)22(19)9-12/h1-5,7,12-13,15,19H,6,8-10H2,(H,25,26)/t12-,13+,15+,19-/m1/s1. The Morgan fingerprint density at radius 1 is 1.21 bits per heavy atom. The van der Waals surface area contributed by atoms with Gasteiger partial charge >= 0.3 is 5.97 Å². The van der Waals surface area contributed by atoms with Crippen molar-refractivity contribution in [1.82, 2.24) is 4.57 Å². The molecule has 2 aromatic rings. The van der Waals surface area contributed by atoms with E-state index < -0.39 is 16.8 Å². The lowest BCUT2D eigenvalue weighted by molar-refractivity contribution is -0.384. The monoisotopic (exact) mass is 381 g/mol. The zero-order valence-corrected chi connectivity index (χ0v) is 15.0. The smallest absolute Gasteiger partial charge is 0.308 e. The molecule has 1 saturated heterocycles. The number of rotatable bonds is 2. The lowest BCUT2D eigenvalue weighted by atomic mass is 9.70. The summed E-state index contributed by atoms with van der Waals surface area (Å²) in [5, 5.41) is 21.1. The fourth-order valence-corrected chi connectivity index (χ4v) is 5.44. The number of carboxylic acids is 1. The van der Waals surface area contributed by atoms with Crippen LogP contribution in [0, 0.1) is 22.0 Å². The Bertz CT molecular complexity index is 1060. The van der Waals surface area contributed by atoms with E-state index in [1.807, 2.05) is 6.07 Å². The average Bonchev–Trinajstić information content (AvgIpc) is 2.67. The Balaban J connectivity index is 1.64. The third-order valence-electron chi connectivity index (χ3n) is 6.52. The zero-order chi connectivity index (χ0) is 19.6. The number of nitrogens with zero attached hydrogens (tertiary/aromatic N) is 3. The number of anilines is 1. The highest BCUT2D eigenvalue weighted by atomic mass is 16.6. The van der Waals surface area contributed by atoms with Crippen molar-refractivity contribution in [2.75, 3.05) is 11.4 Å². The van der Waals surface area contributed by atoms with Gasteiger partial charge < -0.3 is 14.6 Å². The van der Waals surface area contributed by atoms with Gasteiger partial charge in [-0.25, -0.2) is 0 Å². The van der Waals surface area contributed by atoms with Crippen molar-refractivity contribution in [1.29, 1.82) is 0 Å². The molecule has 3 aliphatic heterocycles. The Labute approximate surface area is 160 Å². The molecule has 0 radical (unpaired) electrons. The molecule has 0 unspecified atom stereocenters. The van der Waals surface area contributed by atoms with Gasteiger partial charge in [0.15, 0.2) is 0 Å². The molecule has 5 rings (SSSR count). The number of fused-ring (bicyclic) bond motifs is 8. The molecule has 0 spiro atoms. The number of hydrogen-bond acceptors (Lipinski definition) is 5. The summed E-state index contributed by atoms with van der Waals surface area (Å²) in [6.07, 6.45) is 1.13. The number of aliphatic carboxylic acids is 1. The van der Waals surface area contributed by atoms with Gasteiger partial charge in [0.25, 0.3) is 11.2 Å². The van der Waals surface area contributed by atoms with Crippen molar-refractivity contribution < 1.29 is 14.8 Å². The second kappa shape index (κ2) is 5.92. The average molecular weight is 381 g/mol. The van der Waals surface area contributed by atoms with Gasteiger partial charge in [-0.05, 0) is 36.5 Å². The van der Waals surface area contributed by atoms with Crippen LogP contribution in [-0.2, 0) is 17.8 Å². The van der Waals surface area contributed by atoms with Crippen LogP contribution in [0.15, 0.2) is 41.2 Å². The Morgan fingerprint density at radius 3 is 2.79 bits per heavy atom. The minimum atomic E-state index is -0.892. The van der Waals surface area contributed by atoms with E-state index in [9.17, 15) is 24.8 Å². The van der Waals surface area contributed by atoms with Gasteiger partial charge in [-0.2, -0.15) is 0 Å². The first-order chi connectivity index (χ1) is 13.4. The first-order valence-electron chi connectivity index (χ1n) is 9.40. The van der Waals surface area contributed by atoms with E-state index in [1.165, 1.54) is 12.1 Å². The number of nitro benzene ring substituents is 1. The summed E-state index contributed by atoms with van der Waals surface area (Å²) in [5.41, 5.74) is 2.52. The van der Waals surface area contributed by atoms with Crippen LogP contribution in [0.1, 0.15) is 23.6 Å². The molecule has 0 aliphatic carbocycles. The summed E-state index contributed by atoms with van der Waals surface area (Å²) >= 11 is 0. The van der Waals surface area contributed by atoms with E-state index in [0.717, 1.165) is 17.8 Å². The molecule has 3 aliphatic rings. The van der Waals surface area contributed by atoms with Crippen LogP contribution < -0.4 is 10.5 Å². The van der Waals surface area contributed by atoms with E-state index in [2.05, 4.69) is 4.90 Å². The van der Waals surface area contributed by atoms with Crippen molar-refractivity contribution in [3.8, 4) is 0 Å².